The van der Waals surface area contributed by atoms with Gasteiger partial charge >= 0.3 is 6.18 Å². The summed E-state index contributed by atoms with van der Waals surface area (Å²) in [7, 11) is 1.51. The Morgan fingerprint density at radius 1 is 1.23 bits per heavy atom. The second-order valence-corrected chi connectivity index (χ2v) is 5.91. The van der Waals surface area contributed by atoms with Crippen LogP contribution in [0.15, 0.2) is 29.3 Å². The number of hydrogen-bond donors (Lipinski definition) is 2. The van der Waals surface area contributed by atoms with Crippen LogP contribution in [-0.4, -0.2) is 43.1 Å². The molecule has 1 heterocycles. The fourth-order valence-electron chi connectivity index (χ4n) is 2.68. The predicted molar refractivity (Wildman–Crippen MR) is 105 cm³/mol. The topological polar surface area (TPSA) is 56.7 Å². The van der Waals surface area contributed by atoms with E-state index in [1.54, 1.807) is 0 Å². The third-order valence-electron chi connectivity index (χ3n) is 4.02. The van der Waals surface area contributed by atoms with Gasteiger partial charge in [-0.05, 0) is 17.5 Å². The number of amides is 1. The number of hydrogen-bond acceptors (Lipinski definition) is 2. The number of rotatable bonds is 6. The van der Waals surface area contributed by atoms with Crippen LogP contribution in [0.3, 0.4) is 0 Å². The predicted octanol–water partition coefficient (Wildman–Crippen LogP) is 3.04. The molecule has 0 aliphatic carbocycles. The summed E-state index contributed by atoms with van der Waals surface area (Å²) < 4.78 is 36.6. The molecule has 1 aliphatic heterocycles. The van der Waals surface area contributed by atoms with Crippen molar-refractivity contribution in [2.45, 2.75) is 38.5 Å². The third-order valence-corrected chi connectivity index (χ3v) is 4.02. The van der Waals surface area contributed by atoms with E-state index in [4.69, 9.17) is 0 Å². The number of nitrogens with one attached hydrogen (secondary N) is 2. The van der Waals surface area contributed by atoms with Crippen LogP contribution in [0.25, 0.3) is 0 Å². The Morgan fingerprint density at radius 2 is 1.92 bits per heavy atom. The molecule has 0 atom stereocenters. The van der Waals surface area contributed by atoms with Crippen molar-refractivity contribution in [2.75, 3.05) is 20.1 Å². The first-order valence-electron chi connectivity index (χ1n) is 8.25. The van der Waals surface area contributed by atoms with Gasteiger partial charge in [0, 0.05) is 39.6 Å². The zero-order valence-corrected chi connectivity index (χ0v) is 16.9. The van der Waals surface area contributed by atoms with Gasteiger partial charge in [0.1, 0.15) is 0 Å². The molecule has 0 aromatic heterocycles. The van der Waals surface area contributed by atoms with E-state index < -0.39 is 12.6 Å². The Labute approximate surface area is 168 Å². The third kappa shape index (κ3) is 7.38. The molecule has 1 aromatic carbocycles. The normalized spacial score (nSPS) is 15.0. The second kappa shape index (κ2) is 10.6. The highest BCUT2D eigenvalue weighted by atomic mass is 127. The quantitative estimate of drug-likeness (QED) is 0.371. The Balaban J connectivity index is 0.00000338. The molecule has 0 unspecified atom stereocenters. The molecule has 2 N–H and O–H groups in total. The van der Waals surface area contributed by atoms with Crippen molar-refractivity contribution in [3.05, 3.63) is 35.4 Å². The van der Waals surface area contributed by atoms with Crippen LogP contribution in [0.5, 0.6) is 0 Å². The number of guanidine groups is 1. The van der Waals surface area contributed by atoms with E-state index >= 15 is 0 Å². The Morgan fingerprint density at radius 3 is 2.50 bits per heavy atom. The summed E-state index contributed by atoms with van der Waals surface area (Å²) in [4.78, 5) is 17.5. The van der Waals surface area contributed by atoms with Gasteiger partial charge in [-0.15, -0.1) is 24.0 Å². The van der Waals surface area contributed by atoms with Crippen molar-refractivity contribution < 1.29 is 18.0 Å². The standard InChI is InChI=1S/C17H23F3N4O.HI/c1-21-16(22-9-8-17(18,19)20)23-11-13-5-2-3-6-14(13)12-24-10-4-7-15(24)25;/h2-3,5-6H,4,7-12H2,1H3,(H2,21,22,23);1H. The number of benzene rings is 1. The number of halogens is 4. The van der Waals surface area contributed by atoms with Gasteiger partial charge in [-0.1, -0.05) is 24.3 Å². The number of carbonyl (C=O) groups excluding carboxylic acids is 1. The highest BCUT2D eigenvalue weighted by Gasteiger charge is 2.26. The molecule has 0 radical (unpaired) electrons. The summed E-state index contributed by atoms with van der Waals surface area (Å²) in [5.41, 5.74) is 2.01. The van der Waals surface area contributed by atoms with E-state index in [-0.39, 0.29) is 36.4 Å². The van der Waals surface area contributed by atoms with Crippen molar-refractivity contribution in [1.29, 1.82) is 0 Å². The van der Waals surface area contributed by atoms with Crippen LogP contribution < -0.4 is 10.6 Å². The fraction of sp³-hybridized carbons (Fsp3) is 0.529. The summed E-state index contributed by atoms with van der Waals surface area (Å²) in [5, 5.41) is 5.67. The average molecular weight is 484 g/mol. The largest absolute Gasteiger partial charge is 0.390 e. The summed E-state index contributed by atoms with van der Waals surface area (Å²) in [6.45, 7) is 1.51. The van der Waals surface area contributed by atoms with Gasteiger partial charge in [-0.2, -0.15) is 13.2 Å². The van der Waals surface area contributed by atoms with Crippen LogP contribution in [0.1, 0.15) is 30.4 Å². The first-order valence-corrected chi connectivity index (χ1v) is 8.25. The van der Waals surface area contributed by atoms with Crippen LogP contribution in [0.4, 0.5) is 13.2 Å². The molecule has 146 valence electrons. The lowest BCUT2D eigenvalue weighted by Gasteiger charge is -2.19. The summed E-state index contributed by atoms with van der Waals surface area (Å²) >= 11 is 0. The lowest BCUT2D eigenvalue weighted by Crippen LogP contribution is -2.38. The van der Waals surface area contributed by atoms with Gasteiger partial charge in [0.15, 0.2) is 5.96 Å². The van der Waals surface area contributed by atoms with Crippen molar-refractivity contribution in [1.82, 2.24) is 15.5 Å². The van der Waals surface area contributed by atoms with Crippen molar-refractivity contribution >= 4 is 35.8 Å². The smallest absolute Gasteiger partial charge is 0.356 e. The molecule has 1 amide bonds. The van der Waals surface area contributed by atoms with Crippen LogP contribution in [-0.2, 0) is 17.9 Å². The highest BCUT2D eigenvalue weighted by Crippen LogP contribution is 2.18. The minimum absolute atomic E-state index is 0. The van der Waals surface area contributed by atoms with E-state index in [9.17, 15) is 18.0 Å². The van der Waals surface area contributed by atoms with Gasteiger partial charge in [0.05, 0.1) is 6.42 Å². The number of alkyl halides is 3. The maximum Gasteiger partial charge on any atom is 0.390 e. The minimum atomic E-state index is -4.19. The van der Waals surface area contributed by atoms with Gasteiger partial charge in [-0.3, -0.25) is 9.79 Å². The monoisotopic (exact) mass is 484 g/mol. The lowest BCUT2D eigenvalue weighted by atomic mass is 10.1. The van der Waals surface area contributed by atoms with E-state index in [0.717, 1.165) is 24.1 Å². The number of aliphatic imine (C=N–C) groups is 1. The van der Waals surface area contributed by atoms with E-state index in [1.807, 2.05) is 29.2 Å². The van der Waals surface area contributed by atoms with Gasteiger partial charge in [0.2, 0.25) is 5.91 Å². The maximum absolute atomic E-state index is 12.2. The zero-order chi connectivity index (χ0) is 18.3. The molecule has 2 rings (SSSR count). The second-order valence-electron chi connectivity index (χ2n) is 5.91. The molecule has 0 bridgehead atoms. The summed E-state index contributed by atoms with van der Waals surface area (Å²) in [6.07, 6.45) is -3.63. The lowest BCUT2D eigenvalue weighted by molar-refractivity contribution is -0.133. The van der Waals surface area contributed by atoms with Crippen LogP contribution >= 0.6 is 24.0 Å². The van der Waals surface area contributed by atoms with Gasteiger partial charge in [0.25, 0.3) is 0 Å². The van der Waals surface area contributed by atoms with Gasteiger partial charge < -0.3 is 15.5 Å². The van der Waals surface area contributed by atoms with Crippen molar-refractivity contribution in [2.24, 2.45) is 4.99 Å². The molecule has 0 spiro atoms. The molecular weight excluding hydrogens is 460 g/mol. The molecule has 26 heavy (non-hydrogen) atoms. The number of likely N-dealkylation sites (tertiary alicyclic amines) is 1. The molecule has 1 fully saturated rings. The molecule has 1 aromatic rings. The first-order chi connectivity index (χ1) is 11.9. The molecule has 0 saturated carbocycles. The fourth-order valence-corrected chi connectivity index (χ4v) is 2.68. The van der Waals surface area contributed by atoms with Crippen LogP contribution in [0, 0.1) is 0 Å². The zero-order valence-electron chi connectivity index (χ0n) is 14.6. The Hall–Kier alpha value is -1.52. The molecule has 1 aliphatic rings. The van der Waals surface area contributed by atoms with E-state index in [2.05, 4.69) is 15.6 Å². The summed E-state index contributed by atoms with van der Waals surface area (Å²) in [6, 6.07) is 7.70. The maximum atomic E-state index is 12.2. The molecule has 9 heteroatoms. The van der Waals surface area contributed by atoms with Gasteiger partial charge in [-0.25, -0.2) is 0 Å². The summed E-state index contributed by atoms with van der Waals surface area (Å²) in [5.74, 6) is 0.476. The molecule has 5 nitrogen and oxygen atoms in total. The Kier molecular flexibility index (Phi) is 9.17. The van der Waals surface area contributed by atoms with E-state index in [0.29, 0.717) is 25.5 Å². The first kappa shape index (κ1) is 22.5. The molecular formula is C17H24F3IN4O. The van der Waals surface area contributed by atoms with Crippen LogP contribution in [0.2, 0.25) is 0 Å². The van der Waals surface area contributed by atoms with Crippen molar-refractivity contribution in [3.8, 4) is 0 Å². The van der Waals surface area contributed by atoms with Crippen molar-refractivity contribution in [3.63, 3.8) is 0 Å². The van der Waals surface area contributed by atoms with E-state index in [1.165, 1.54) is 7.05 Å². The minimum Gasteiger partial charge on any atom is -0.356 e. The number of carbonyl (C=O) groups is 1. The Bertz CT molecular complexity index is 622. The SMILES string of the molecule is CN=C(NCCC(F)(F)F)NCc1ccccc1CN1CCCC1=O.I. The molecule has 1 saturated heterocycles. The highest BCUT2D eigenvalue weighted by molar-refractivity contribution is 14.0. The average Bonchev–Trinajstić information content (AvgIpc) is 2.96. The number of nitrogens with zero attached hydrogens (tertiary/aromatic N) is 2.